The Kier molecular flexibility index (Phi) is 5.11. The fraction of sp³-hybridized carbons (Fsp3) is 0.450. The van der Waals surface area contributed by atoms with Crippen molar-refractivity contribution in [2.75, 3.05) is 50.7 Å². The zero-order valence-electron chi connectivity index (χ0n) is 15.0. The highest BCUT2D eigenvalue weighted by Crippen LogP contribution is 2.21. The molecular weight excluding hydrogens is 326 g/mol. The number of carbonyl (C=O) groups is 1. The Morgan fingerprint density at radius 2 is 1.81 bits per heavy atom. The van der Waals surface area contributed by atoms with E-state index < -0.39 is 0 Å². The Bertz CT molecular complexity index is 715. The van der Waals surface area contributed by atoms with Crippen molar-refractivity contribution in [3.05, 3.63) is 54.2 Å². The van der Waals surface area contributed by atoms with Gasteiger partial charge in [0.2, 0.25) is 0 Å². The molecule has 2 aliphatic heterocycles. The molecule has 1 aromatic carbocycles. The third-order valence-electron chi connectivity index (χ3n) is 5.36. The van der Waals surface area contributed by atoms with Crippen LogP contribution in [0.15, 0.2) is 48.7 Å². The predicted molar refractivity (Wildman–Crippen MR) is 101 cm³/mol. The lowest BCUT2D eigenvalue weighted by Crippen LogP contribution is -2.48. The summed E-state index contributed by atoms with van der Waals surface area (Å²) in [6.45, 7) is 6.87. The summed E-state index contributed by atoms with van der Waals surface area (Å²) in [5.74, 6) is 1.71. The molecule has 1 unspecified atom stereocenters. The number of aromatic nitrogens is 2. The number of anilines is 1. The van der Waals surface area contributed by atoms with Crippen LogP contribution < -0.4 is 4.90 Å². The minimum absolute atomic E-state index is 0.167. The highest BCUT2D eigenvalue weighted by Gasteiger charge is 2.29. The van der Waals surface area contributed by atoms with Crippen LogP contribution >= 0.6 is 0 Å². The maximum atomic E-state index is 12.6. The standard InChI is InChI=1S/C20H25N5O/c26-20(18-5-2-1-3-6-18)25-10-8-17(16-25)15-23-11-13-24(14-12-23)19-7-4-9-21-22-19/h1-7,9,17H,8,10-16H2. The molecule has 1 amide bonds. The van der Waals surface area contributed by atoms with Crippen molar-refractivity contribution in [1.29, 1.82) is 0 Å². The topological polar surface area (TPSA) is 52.6 Å². The molecule has 2 fully saturated rings. The molecule has 3 heterocycles. The lowest BCUT2D eigenvalue weighted by Gasteiger charge is -2.36. The van der Waals surface area contributed by atoms with Crippen molar-refractivity contribution in [3.8, 4) is 0 Å². The van der Waals surface area contributed by atoms with Crippen molar-refractivity contribution in [2.24, 2.45) is 5.92 Å². The summed E-state index contributed by atoms with van der Waals surface area (Å²) in [7, 11) is 0. The van der Waals surface area contributed by atoms with E-state index in [0.717, 1.165) is 63.6 Å². The summed E-state index contributed by atoms with van der Waals surface area (Å²) in [6.07, 6.45) is 2.81. The van der Waals surface area contributed by atoms with E-state index in [1.807, 2.05) is 47.4 Å². The molecule has 136 valence electrons. The van der Waals surface area contributed by atoms with E-state index in [2.05, 4.69) is 20.0 Å². The molecule has 2 saturated heterocycles. The molecule has 0 N–H and O–H groups in total. The molecule has 0 saturated carbocycles. The Balaban J connectivity index is 1.25. The van der Waals surface area contributed by atoms with E-state index in [1.54, 1.807) is 6.20 Å². The van der Waals surface area contributed by atoms with Gasteiger partial charge < -0.3 is 9.80 Å². The van der Waals surface area contributed by atoms with Gasteiger partial charge in [-0.15, -0.1) is 5.10 Å². The quantitative estimate of drug-likeness (QED) is 0.840. The SMILES string of the molecule is O=C(c1ccccc1)N1CCC(CN2CCN(c3cccnn3)CC2)C1. The first-order valence-corrected chi connectivity index (χ1v) is 9.39. The number of benzene rings is 1. The molecule has 6 nitrogen and oxygen atoms in total. The third kappa shape index (κ3) is 3.85. The van der Waals surface area contributed by atoms with Gasteiger partial charge >= 0.3 is 0 Å². The van der Waals surface area contributed by atoms with E-state index >= 15 is 0 Å². The second kappa shape index (κ2) is 7.83. The molecule has 0 spiro atoms. The van der Waals surface area contributed by atoms with Gasteiger partial charge in [0, 0.05) is 57.6 Å². The highest BCUT2D eigenvalue weighted by atomic mass is 16.2. The van der Waals surface area contributed by atoms with Gasteiger partial charge in [-0.25, -0.2) is 0 Å². The molecule has 1 atom stereocenters. The summed E-state index contributed by atoms with van der Waals surface area (Å²) in [5.41, 5.74) is 0.797. The number of nitrogens with zero attached hydrogens (tertiary/aromatic N) is 5. The van der Waals surface area contributed by atoms with Gasteiger partial charge in [0.15, 0.2) is 5.82 Å². The molecular formula is C20H25N5O. The highest BCUT2D eigenvalue weighted by molar-refractivity contribution is 5.94. The number of piperazine rings is 1. The van der Waals surface area contributed by atoms with Crippen LogP contribution in [-0.4, -0.2) is 71.7 Å². The Morgan fingerprint density at radius 1 is 1.00 bits per heavy atom. The van der Waals surface area contributed by atoms with Crippen LogP contribution in [0, 0.1) is 5.92 Å². The fourth-order valence-corrected chi connectivity index (χ4v) is 3.92. The van der Waals surface area contributed by atoms with Gasteiger partial charge in [0.05, 0.1) is 0 Å². The first-order valence-electron chi connectivity index (χ1n) is 9.39. The summed E-state index contributed by atoms with van der Waals surface area (Å²) >= 11 is 0. The van der Waals surface area contributed by atoms with Crippen molar-refractivity contribution in [2.45, 2.75) is 6.42 Å². The average molecular weight is 351 g/mol. The second-order valence-electron chi connectivity index (χ2n) is 7.14. The number of rotatable bonds is 4. The maximum absolute atomic E-state index is 12.6. The maximum Gasteiger partial charge on any atom is 0.253 e. The van der Waals surface area contributed by atoms with Gasteiger partial charge in [-0.3, -0.25) is 9.69 Å². The zero-order valence-corrected chi connectivity index (χ0v) is 15.0. The summed E-state index contributed by atoms with van der Waals surface area (Å²) in [6, 6.07) is 13.6. The van der Waals surface area contributed by atoms with E-state index in [0.29, 0.717) is 5.92 Å². The van der Waals surface area contributed by atoms with Crippen LogP contribution in [0.5, 0.6) is 0 Å². The number of hydrogen-bond acceptors (Lipinski definition) is 5. The first kappa shape index (κ1) is 17.0. The van der Waals surface area contributed by atoms with Crippen LogP contribution in [0.25, 0.3) is 0 Å². The molecule has 0 radical (unpaired) electrons. The van der Waals surface area contributed by atoms with Crippen molar-refractivity contribution < 1.29 is 4.79 Å². The van der Waals surface area contributed by atoms with Gasteiger partial charge in [0.25, 0.3) is 5.91 Å². The van der Waals surface area contributed by atoms with Gasteiger partial charge in [-0.1, -0.05) is 18.2 Å². The summed E-state index contributed by atoms with van der Waals surface area (Å²) < 4.78 is 0. The van der Waals surface area contributed by atoms with E-state index in [-0.39, 0.29) is 5.91 Å². The number of hydrogen-bond donors (Lipinski definition) is 0. The van der Waals surface area contributed by atoms with Crippen molar-refractivity contribution in [3.63, 3.8) is 0 Å². The van der Waals surface area contributed by atoms with Gasteiger partial charge in [-0.05, 0) is 36.6 Å². The monoisotopic (exact) mass is 351 g/mol. The minimum Gasteiger partial charge on any atom is -0.353 e. The first-order chi connectivity index (χ1) is 12.8. The molecule has 2 aliphatic rings. The molecule has 0 aliphatic carbocycles. The van der Waals surface area contributed by atoms with Crippen molar-refractivity contribution in [1.82, 2.24) is 20.0 Å². The zero-order chi connectivity index (χ0) is 17.8. The molecule has 4 rings (SSSR count). The summed E-state index contributed by atoms with van der Waals surface area (Å²) in [4.78, 5) is 19.4. The minimum atomic E-state index is 0.167. The average Bonchev–Trinajstić information content (AvgIpc) is 3.18. The normalized spacial score (nSPS) is 21.2. The van der Waals surface area contributed by atoms with E-state index in [9.17, 15) is 4.79 Å². The van der Waals surface area contributed by atoms with E-state index in [4.69, 9.17) is 0 Å². The summed E-state index contributed by atoms with van der Waals surface area (Å²) in [5, 5.41) is 8.17. The van der Waals surface area contributed by atoms with Crippen molar-refractivity contribution >= 4 is 11.7 Å². The third-order valence-corrected chi connectivity index (χ3v) is 5.36. The molecule has 0 bridgehead atoms. The van der Waals surface area contributed by atoms with E-state index in [1.165, 1.54) is 0 Å². The number of carbonyl (C=O) groups excluding carboxylic acids is 1. The molecule has 6 heteroatoms. The Hall–Kier alpha value is -2.47. The predicted octanol–water partition coefficient (Wildman–Crippen LogP) is 1.76. The second-order valence-corrected chi connectivity index (χ2v) is 7.14. The number of amides is 1. The number of likely N-dealkylation sites (tertiary alicyclic amines) is 1. The van der Waals surface area contributed by atoms with Gasteiger partial charge in [-0.2, -0.15) is 5.10 Å². The molecule has 2 aromatic rings. The van der Waals surface area contributed by atoms with Crippen LogP contribution in [-0.2, 0) is 0 Å². The molecule has 26 heavy (non-hydrogen) atoms. The Labute approximate surface area is 154 Å². The smallest absolute Gasteiger partial charge is 0.253 e. The Morgan fingerprint density at radius 3 is 2.54 bits per heavy atom. The lowest BCUT2D eigenvalue weighted by molar-refractivity contribution is 0.0783. The van der Waals surface area contributed by atoms with Crippen LogP contribution in [0.4, 0.5) is 5.82 Å². The lowest BCUT2D eigenvalue weighted by atomic mass is 10.1. The van der Waals surface area contributed by atoms with Crippen LogP contribution in [0.3, 0.4) is 0 Å². The van der Waals surface area contributed by atoms with Gasteiger partial charge in [0.1, 0.15) is 0 Å². The van der Waals surface area contributed by atoms with Crippen LogP contribution in [0.2, 0.25) is 0 Å². The van der Waals surface area contributed by atoms with Crippen LogP contribution in [0.1, 0.15) is 16.8 Å². The fourth-order valence-electron chi connectivity index (χ4n) is 3.92. The largest absolute Gasteiger partial charge is 0.353 e. The molecule has 1 aromatic heterocycles.